The molecule has 2 aliphatic heterocycles. The molecule has 0 saturated carbocycles. The molecule has 0 fully saturated rings. The van der Waals surface area contributed by atoms with Gasteiger partial charge in [-0.05, 0) is 6.92 Å². The number of hydrogen-bond donors (Lipinski definition) is 2. The maximum atomic E-state index is 11.0. The Bertz CT molecular complexity index is 859. The van der Waals surface area contributed by atoms with Gasteiger partial charge in [-0.25, -0.2) is 0 Å². The molecular formula is C14H6N2OS6. The standard InChI is InChI=1S/C14H6N2OS6/c1-5(2-15)13-20-9-7(18)11-12(8(19)10(9)21-13)23-14(22-11)6(3-16)4-17/h4,18-19H,1H3. The Morgan fingerprint density at radius 1 is 0.913 bits per heavy atom. The molecule has 1 aromatic rings. The fourth-order valence-corrected chi connectivity index (χ4v) is 8.24. The van der Waals surface area contributed by atoms with Gasteiger partial charge in [0.2, 0.25) is 0 Å². The number of nitrogens with zero attached hydrogens (tertiary/aromatic N) is 2. The van der Waals surface area contributed by atoms with Crippen molar-refractivity contribution in [2.45, 2.75) is 36.3 Å². The summed E-state index contributed by atoms with van der Waals surface area (Å²) in [5.74, 6) is 0. The highest BCUT2D eigenvalue weighted by molar-refractivity contribution is 8.26. The van der Waals surface area contributed by atoms with Crippen LogP contribution in [0.3, 0.4) is 0 Å². The summed E-state index contributed by atoms with van der Waals surface area (Å²) < 4.78 is 1.60. The summed E-state index contributed by atoms with van der Waals surface area (Å²) in [5.41, 5.74) is 0.795. The molecule has 3 rings (SSSR count). The molecule has 0 N–H and O–H groups in total. The minimum atomic E-state index is 0.123. The van der Waals surface area contributed by atoms with Crippen LogP contribution in [0.15, 0.2) is 49.0 Å². The zero-order valence-electron chi connectivity index (χ0n) is 11.4. The van der Waals surface area contributed by atoms with Gasteiger partial charge in [0.15, 0.2) is 6.29 Å². The van der Waals surface area contributed by atoms with Crippen LogP contribution in [0.2, 0.25) is 0 Å². The molecule has 0 unspecified atom stereocenters. The highest BCUT2D eigenvalue weighted by Crippen LogP contribution is 2.64. The Labute approximate surface area is 161 Å². The molecule has 0 bridgehead atoms. The summed E-state index contributed by atoms with van der Waals surface area (Å²) in [7, 11) is 0. The molecule has 3 nitrogen and oxygen atoms in total. The number of thiol groups is 2. The maximum Gasteiger partial charge on any atom is 0.162 e. The second kappa shape index (κ2) is 6.75. The molecule has 0 amide bonds. The summed E-state index contributed by atoms with van der Waals surface area (Å²) >= 11 is 15.1. The first-order chi connectivity index (χ1) is 11.0. The number of rotatable bonds is 1. The van der Waals surface area contributed by atoms with Gasteiger partial charge in [-0.1, -0.05) is 47.0 Å². The third-order valence-electron chi connectivity index (χ3n) is 2.98. The van der Waals surface area contributed by atoms with E-state index in [1.807, 2.05) is 6.07 Å². The SMILES string of the molecule is CC(C#N)=C1Sc2c(S)c3c(c(S)c2S1)SC(=C(C#N)C=O)S3. The molecule has 1 aromatic carbocycles. The van der Waals surface area contributed by atoms with E-state index in [9.17, 15) is 4.79 Å². The summed E-state index contributed by atoms with van der Waals surface area (Å²) in [5, 5.41) is 18.1. The van der Waals surface area contributed by atoms with Crippen molar-refractivity contribution >= 4 is 78.6 Å². The summed E-state index contributed by atoms with van der Waals surface area (Å²) in [6.07, 6.45) is 0.575. The minimum absolute atomic E-state index is 0.123. The van der Waals surface area contributed by atoms with Crippen molar-refractivity contribution in [2.75, 3.05) is 0 Å². The lowest BCUT2D eigenvalue weighted by atomic mass is 10.3. The van der Waals surface area contributed by atoms with Crippen molar-refractivity contribution in [3.8, 4) is 12.1 Å². The van der Waals surface area contributed by atoms with Crippen molar-refractivity contribution in [2.24, 2.45) is 0 Å². The number of benzene rings is 1. The zero-order chi connectivity index (χ0) is 16.7. The van der Waals surface area contributed by atoms with Gasteiger partial charge in [-0.3, -0.25) is 4.79 Å². The fraction of sp³-hybridized carbons (Fsp3) is 0.0714. The molecule has 23 heavy (non-hydrogen) atoms. The highest BCUT2D eigenvalue weighted by Gasteiger charge is 2.33. The van der Waals surface area contributed by atoms with E-state index in [0.717, 1.165) is 33.6 Å². The van der Waals surface area contributed by atoms with Crippen molar-refractivity contribution in [1.29, 1.82) is 10.5 Å². The normalized spacial score (nSPS) is 14.8. The monoisotopic (exact) mass is 410 g/mol. The Hall–Kier alpha value is -0.550. The molecule has 2 heterocycles. The Kier molecular flexibility index (Phi) is 5.07. The van der Waals surface area contributed by atoms with Gasteiger partial charge >= 0.3 is 0 Å². The molecule has 0 saturated heterocycles. The largest absolute Gasteiger partial charge is 0.297 e. The highest BCUT2D eigenvalue weighted by atomic mass is 32.2. The van der Waals surface area contributed by atoms with Crippen LogP contribution in [-0.2, 0) is 4.79 Å². The number of fused-ring (bicyclic) bond motifs is 2. The van der Waals surface area contributed by atoms with Crippen LogP contribution < -0.4 is 0 Å². The summed E-state index contributed by atoms with van der Waals surface area (Å²) in [6, 6.07) is 4.09. The topological polar surface area (TPSA) is 64.7 Å². The number of nitriles is 2. The van der Waals surface area contributed by atoms with E-state index >= 15 is 0 Å². The Morgan fingerprint density at radius 3 is 1.70 bits per heavy atom. The van der Waals surface area contributed by atoms with Crippen LogP contribution in [0.1, 0.15) is 6.92 Å². The first-order valence-electron chi connectivity index (χ1n) is 6.05. The van der Waals surface area contributed by atoms with Gasteiger partial charge in [-0.2, -0.15) is 10.5 Å². The fourth-order valence-electron chi connectivity index (χ4n) is 1.86. The lowest BCUT2D eigenvalue weighted by Gasteiger charge is -2.09. The van der Waals surface area contributed by atoms with Crippen molar-refractivity contribution in [3.63, 3.8) is 0 Å². The van der Waals surface area contributed by atoms with Crippen molar-refractivity contribution in [3.05, 3.63) is 19.6 Å². The number of aldehydes is 1. The zero-order valence-corrected chi connectivity index (χ0v) is 16.5. The van der Waals surface area contributed by atoms with Crippen LogP contribution in [0.5, 0.6) is 0 Å². The van der Waals surface area contributed by atoms with Crippen LogP contribution in [0.25, 0.3) is 0 Å². The van der Waals surface area contributed by atoms with Gasteiger partial charge in [0.05, 0.1) is 14.5 Å². The van der Waals surface area contributed by atoms with Gasteiger partial charge in [0.1, 0.15) is 11.6 Å². The molecule has 0 aromatic heterocycles. The van der Waals surface area contributed by atoms with Crippen LogP contribution >= 0.6 is 72.3 Å². The van der Waals surface area contributed by atoms with Crippen LogP contribution in [0.4, 0.5) is 0 Å². The molecule has 0 spiro atoms. The van der Waals surface area contributed by atoms with E-state index < -0.39 is 0 Å². The number of allylic oxidation sites excluding steroid dienone is 2. The van der Waals surface area contributed by atoms with Crippen LogP contribution in [0, 0.1) is 22.7 Å². The molecular weight excluding hydrogens is 405 g/mol. The van der Waals surface area contributed by atoms with E-state index in [1.54, 1.807) is 6.92 Å². The van der Waals surface area contributed by atoms with Crippen molar-refractivity contribution in [1.82, 2.24) is 0 Å². The lowest BCUT2D eigenvalue weighted by molar-refractivity contribution is -0.104. The van der Waals surface area contributed by atoms with E-state index in [2.05, 4.69) is 31.3 Å². The number of carbonyl (C=O) groups is 1. The maximum absolute atomic E-state index is 11.0. The summed E-state index contributed by atoms with van der Waals surface area (Å²) in [4.78, 5) is 16.4. The first-order valence-corrected chi connectivity index (χ1v) is 10.2. The second-order valence-electron chi connectivity index (χ2n) is 4.38. The van der Waals surface area contributed by atoms with Gasteiger partial charge in [-0.15, -0.1) is 25.3 Å². The first kappa shape index (κ1) is 17.3. The third kappa shape index (κ3) is 2.84. The number of thioether (sulfide) groups is 4. The quantitative estimate of drug-likeness (QED) is 0.280. The average Bonchev–Trinajstić information content (AvgIpc) is 3.18. The van der Waals surface area contributed by atoms with E-state index in [-0.39, 0.29) is 5.57 Å². The molecule has 9 heteroatoms. The van der Waals surface area contributed by atoms with Crippen LogP contribution in [-0.4, -0.2) is 6.29 Å². The van der Waals surface area contributed by atoms with Gasteiger partial charge in [0, 0.05) is 34.9 Å². The van der Waals surface area contributed by atoms with E-state index in [0.29, 0.717) is 16.1 Å². The average molecular weight is 411 g/mol. The number of carbonyl (C=O) groups excluding carboxylic acids is 1. The molecule has 2 aliphatic rings. The predicted molar refractivity (Wildman–Crippen MR) is 101 cm³/mol. The Morgan fingerprint density at radius 2 is 1.35 bits per heavy atom. The molecule has 0 atom stereocenters. The molecule has 0 aliphatic carbocycles. The minimum Gasteiger partial charge on any atom is -0.297 e. The Balaban J connectivity index is 2.14. The van der Waals surface area contributed by atoms with E-state index in [1.165, 1.54) is 47.0 Å². The van der Waals surface area contributed by atoms with Gasteiger partial charge in [0.25, 0.3) is 0 Å². The molecule has 0 radical (unpaired) electrons. The van der Waals surface area contributed by atoms with Crippen molar-refractivity contribution < 1.29 is 4.79 Å². The van der Waals surface area contributed by atoms with E-state index in [4.69, 9.17) is 10.5 Å². The molecule has 114 valence electrons. The van der Waals surface area contributed by atoms with Gasteiger partial charge < -0.3 is 0 Å². The smallest absolute Gasteiger partial charge is 0.162 e. The predicted octanol–water partition coefficient (Wildman–Crippen LogP) is 5.35. The lowest BCUT2D eigenvalue weighted by Crippen LogP contribution is -1.84. The number of hydrogen-bond acceptors (Lipinski definition) is 9. The summed E-state index contributed by atoms with van der Waals surface area (Å²) in [6.45, 7) is 1.79. The third-order valence-corrected chi connectivity index (χ3v) is 9.99. The second-order valence-corrected chi connectivity index (χ2v) is 9.87.